The Labute approximate surface area is 114 Å². The van der Waals surface area contributed by atoms with Gasteiger partial charge in [-0.2, -0.15) is 0 Å². The number of hydrogen-bond donors (Lipinski definition) is 2. The monoisotopic (exact) mass is 278 g/mol. The summed E-state index contributed by atoms with van der Waals surface area (Å²) in [6, 6.07) is 8.09. The molecule has 0 aliphatic heterocycles. The van der Waals surface area contributed by atoms with Crippen LogP contribution >= 0.6 is 11.8 Å². The Balaban J connectivity index is 1.86. The molecule has 2 aromatic rings. The van der Waals surface area contributed by atoms with E-state index < -0.39 is 5.97 Å². The molecule has 0 unspecified atom stereocenters. The number of aromatic carboxylic acids is 1. The molecule has 0 aliphatic rings. The van der Waals surface area contributed by atoms with Crippen molar-refractivity contribution in [2.75, 3.05) is 18.1 Å². The quantitative estimate of drug-likeness (QED) is 0.784. The second-order valence-corrected chi connectivity index (χ2v) is 4.71. The number of nitrogens with zero attached hydrogens (tertiary/aromatic N) is 3. The average Bonchev–Trinajstić information content (AvgIpc) is 2.88. The predicted molar refractivity (Wildman–Crippen MR) is 73.7 cm³/mol. The second kappa shape index (κ2) is 6.24. The number of rotatable bonds is 6. The molecule has 1 heterocycles. The van der Waals surface area contributed by atoms with Crippen LogP contribution in [0.3, 0.4) is 0 Å². The van der Waals surface area contributed by atoms with Crippen molar-refractivity contribution in [2.24, 2.45) is 0 Å². The molecule has 0 atom stereocenters. The number of carbonyl (C=O) groups is 1. The van der Waals surface area contributed by atoms with E-state index in [1.807, 2.05) is 24.5 Å². The Kier molecular flexibility index (Phi) is 4.40. The second-order valence-electron chi connectivity index (χ2n) is 3.83. The molecule has 2 N–H and O–H groups in total. The van der Waals surface area contributed by atoms with Crippen LogP contribution < -0.4 is 5.32 Å². The number of nitrogens with one attached hydrogen (secondary N) is 1. The van der Waals surface area contributed by atoms with E-state index >= 15 is 0 Å². The topological polar surface area (TPSA) is 80.0 Å². The normalized spacial score (nSPS) is 10.4. The summed E-state index contributed by atoms with van der Waals surface area (Å²) in [7, 11) is 0. The molecular formula is C12H14N4O2S. The van der Waals surface area contributed by atoms with E-state index in [-0.39, 0.29) is 5.69 Å². The molecular weight excluding hydrogens is 264 g/mol. The van der Waals surface area contributed by atoms with E-state index in [0.717, 1.165) is 5.69 Å². The van der Waals surface area contributed by atoms with Gasteiger partial charge in [-0.25, -0.2) is 9.48 Å². The van der Waals surface area contributed by atoms with Crippen LogP contribution in [0.5, 0.6) is 0 Å². The van der Waals surface area contributed by atoms with Crippen LogP contribution in [0.25, 0.3) is 0 Å². The SMILES string of the molecule is CSc1cccc(NCCn2cc(C(=O)O)nn2)c1. The zero-order chi connectivity index (χ0) is 13.7. The van der Waals surface area contributed by atoms with E-state index in [0.29, 0.717) is 13.1 Å². The van der Waals surface area contributed by atoms with Gasteiger partial charge in [-0.05, 0) is 24.5 Å². The molecule has 0 saturated carbocycles. The molecule has 1 aromatic heterocycles. The molecule has 0 radical (unpaired) electrons. The summed E-state index contributed by atoms with van der Waals surface area (Å²) >= 11 is 1.69. The largest absolute Gasteiger partial charge is 0.476 e. The van der Waals surface area contributed by atoms with E-state index in [9.17, 15) is 4.79 Å². The van der Waals surface area contributed by atoms with Crippen molar-refractivity contribution in [3.63, 3.8) is 0 Å². The maximum absolute atomic E-state index is 10.6. The van der Waals surface area contributed by atoms with Gasteiger partial charge in [0.25, 0.3) is 0 Å². The molecule has 0 bridgehead atoms. The van der Waals surface area contributed by atoms with Crippen molar-refractivity contribution in [3.05, 3.63) is 36.2 Å². The van der Waals surface area contributed by atoms with Gasteiger partial charge >= 0.3 is 5.97 Å². The van der Waals surface area contributed by atoms with Crippen LogP contribution in [0, 0.1) is 0 Å². The lowest BCUT2D eigenvalue weighted by Crippen LogP contribution is -2.11. The minimum Gasteiger partial charge on any atom is -0.476 e. The maximum Gasteiger partial charge on any atom is 0.358 e. The van der Waals surface area contributed by atoms with Gasteiger partial charge in [0.15, 0.2) is 5.69 Å². The highest BCUT2D eigenvalue weighted by molar-refractivity contribution is 7.98. The fourth-order valence-electron chi connectivity index (χ4n) is 1.55. The first kappa shape index (κ1) is 13.4. The van der Waals surface area contributed by atoms with E-state index in [1.54, 1.807) is 11.8 Å². The van der Waals surface area contributed by atoms with Crippen molar-refractivity contribution < 1.29 is 9.90 Å². The van der Waals surface area contributed by atoms with Crippen molar-refractivity contribution in [3.8, 4) is 0 Å². The number of carboxylic acids is 1. The van der Waals surface area contributed by atoms with Gasteiger partial charge in [0, 0.05) is 17.1 Å². The summed E-state index contributed by atoms with van der Waals surface area (Å²) in [6.45, 7) is 1.21. The number of thioether (sulfide) groups is 1. The Morgan fingerprint density at radius 1 is 1.53 bits per heavy atom. The Bertz CT molecular complexity index is 570. The molecule has 2 rings (SSSR count). The molecule has 0 saturated heterocycles. The van der Waals surface area contributed by atoms with Gasteiger partial charge in [0.05, 0.1) is 12.7 Å². The highest BCUT2D eigenvalue weighted by Crippen LogP contribution is 2.18. The third-order valence-corrected chi connectivity index (χ3v) is 3.22. The van der Waals surface area contributed by atoms with Crippen molar-refractivity contribution in [2.45, 2.75) is 11.4 Å². The lowest BCUT2D eigenvalue weighted by molar-refractivity contribution is 0.0690. The molecule has 0 spiro atoms. The standard InChI is InChI=1S/C12H14N4O2S/c1-19-10-4-2-3-9(7-10)13-5-6-16-8-11(12(17)18)14-15-16/h2-4,7-8,13H,5-6H2,1H3,(H,17,18). The van der Waals surface area contributed by atoms with Gasteiger partial charge < -0.3 is 10.4 Å². The minimum absolute atomic E-state index is 0.0376. The average molecular weight is 278 g/mol. The Hall–Kier alpha value is -2.02. The smallest absolute Gasteiger partial charge is 0.358 e. The van der Waals surface area contributed by atoms with Crippen LogP contribution in [0.1, 0.15) is 10.5 Å². The van der Waals surface area contributed by atoms with Gasteiger partial charge in [-0.15, -0.1) is 16.9 Å². The van der Waals surface area contributed by atoms with E-state index in [4.69, 9.17) is 5.11 Å². The lowest BCUT2D eigenvalue weighted by atomic mass is 10.3. The van der Waals surface area contributed by atoms with Crippen LogP contribution in [-0.2, 0) is 6.54 Å². The molecule has 7 heteroatoms. The predicted octanol–water partition coefficient (Wildman–Crippen LogP) is 1.81. The van der Waals surface area contributed by atoms with Crippen LogP contribution in [0.2, 0.25) is 0 Å². The number of hydrogen-bond acceptors (Lipinski definition) is 5. The lowest BCUT2D eigenvalue weighted by Gasteiger charge is -2.07. The zero-order valence-corrected chi connectivity index (χ0v) is 11.2. The minimum atomic E-state index is -1.06. The van der Waals surface area contributed by atoms with Crippen LogP contribution in [-0.4, -0.2) is 38.9 Å². The van der Waals surface area contributed by atoms with Crippen LogP contribution in [0.4, 0.5) is 5.69 Å². The Morgan fingerprint density at radius 3 is 3.05 bits per heavy atom. The van der Waals surface area contributed by atoms with E-state index in [2.05, 4.69) is 21.7 Å². The van der Waals surface area contributed by atoms with Crippen molar-refractivity contribution >= 4 is 23.4 Å². The maximum atomic E-state index is 10.6. The number of benzene rings is 1. The Morgan fingerprint density at radius 2 is 2.37 bits per heavy atom. The third kappa shape index (κ3) is 3.72. The summed E-state index contributed by atoms with van der Waals surface area (Å²) in [5.74, 6) is -1.06. The van der Waals surface area contributed by atoms with Crippen molar-refractivity contribution in [1.82, 2.24) is 15.0 Å². The van der Waals surface area contributed by atoms with Gasteiger partial charge in [-0.1, -0.05) is 11.3 Å². The molecule has 0 aliphatic carbocycles. The first-order chi connectivity index (χ1) is 9.19. The molecule has 100 valence electrons. The molecule has 1 aromatic carbocycles. The number of anilines is 1. The summed E-state index contributed by atoms with van der Waals surface area (Å²) in [5, 5.41) is 19.3. The molecule has 19 heavy (non-hydrogen) atoms. The zero-order valence-electron chi connectivity index (χ0n) is 10.4. The molecule has 6 nitrogen and oxygen atoms in total. The van der Waals surface area contributed by atoms with Crippen molar-refractivity contribution in [1.29, 1.82) is 0 Å². The van der Waals surface area contributed by atoms with Gasteiger partial charge in [0.1, 0.15) is 0 Å². The van der Waals surface area contributed by atoms with Gasteiger partial charge in [0.2, 0.25) is 0 Å². The first-order valence-electron chi connectivity index (χ1n) is 5.70. The fourth-order valence-corrected chi connectivity index (χ4v) is 2.01. The molecule has 0 fully saturated rings. The number of carboxylic acid groups (broad SMARTS) is 1. The summed E-state index contributed by atoms with van der Waals surface area (Å²) < 4.78 is 1.51. The third-order valence-electron chi connectivity index (χ3n) is 2.50. The highest BCUT2D eigenvalue weighted by atomic mass is 32.2. The fraction of sp³-hybridized carbons (Fsp3) is 0.250. The van der Waals surface area contributed by atoms with Gasteiger partial charge in [-0.3, -0.25) is 0 Å². The number of aromatic nitrogens is 3. The first-order valence-corrected chi connectivity index (χ1v) is 6.93. The van der Waals surface area contributed by atoms with E-state index in [1.165, 1.54) is 15.8 Å². The summed E-state index contributed by atoms with van der Waals surface area (Å²) in [6.07, 6.45) is 3.45. The summed E-state index contributed by atoms with van der Waals surface area (Å²) in [5.41, 5.74) is 0.995. The highest BCUT2D eigenvalue weighted by Gasteiger charge is 2.07. The van der Waals surface area contributed by atoms with Crippen LogP contribution in [0.15, 0.2) is 35.4 Å². The molecule has 0 amide bonds. The summed E-state index contributed by atoms with van der Waals surface area (Å²) in [4.78, 5) is 11.8.